The highest BCUT2D eigenvalue weighted by molar-refractivity contribution is 9.10. The van der Waals surface area contributed by atoms with Crippen LogP contribution in [0.1, 0.15) is 23.9 Å². The summed E-state index contributed by atoms with van der Waals surface area (Å²) < 4.78 is 14.3. The Labute approximate surface area is 239 Å². The molecule has 4 rings (SSSR count). The van der Waals surface area contributed by atoms with Gasteiger partial charge in [-0.25, -0.2) is 4.98 Å². The second-order valence-electron chi connectivity index (χ2n) is 7.56. The van der Waals surface area contributed by atoms with Crippen molar-refractivity contribution in [3.8, 4) is 11.5 Å². The van der Waals surface area contributed by atoms with E-state index in [0.717, 1.165) is 10.0 Å². The molecule has 0 atom stereocenters. The zero-order valence-corrected chi connectivity index (χ0v) is 24.4. The van der Waals surface area contributed by atoms with Gasteiger partial charge in [-0.2, -0.15) is 9.78 Å². The zero-order chi connectivity index (χ0) is 26.0. The predicted molar refractivity (Wildman–Crippen MR) is 153 cm³/mol. The molecule has 0 N–H and O–H groups in total. The Balaban J connectivity index is 1.71. The smallest absolute Gasteiger partial charge is 0.282 e. The number of hydrogen-bond acceptors (Lipinski definition) is 5. The number of nitrogens with zero attached hydrogens (tertiary/aromatic N) is 3. The normalized spacial score (nSPS) is 11.4. The Morgan fingerprint density at radius 2 is 1.86 bits per heavy atom. The van der Waals surface area contributed by atoms with Gasteiger partial charge in [0, 0.05) is 30.1 Å². The topological polar surface area (TPSA) is 65.7 Å². The van der Waals surface area contributed by atoms with Crippen LogP contribution in [0.15, 0.2) is 61.3 Å². The fraction of sp³-hybridized carbons (Fsp3) is 0.160. The molecule has 0 fully saturated rings. The molecule has 0 aliphatic rings. The van der Waals surface area contributed by atoms with Gasteiger partial charge in [0.25, 0.3) is 5.56 Å². The molecular formula is C25H18Br2Cl3N3O3. The highest BCUT2D eigenvalue weighted by Gasteiger charge is 2.18. The van der Waals surface area contributed by atoms with Crippen LogP contribution in [0, 0.1) is 6.92 Å². The maximum atomic E-state index is 13.1. The van der Waals surface area contributed by atoms with Gasteiger partial charge in [0.15, 0.2) is 11.5 Å². The van der Waals surface area contributed by atoms with Gasteiger partial charge in [0.1, 0.15) is 17.5 Å². The summed E-state index contributed by atoms with van der Waals surface area (Å²) in [6, 6.07) is 12.2. The van der Waals surface area contributed by atoms with Gasteiger partial charge in [-0.05, 0) is 66.2 Å². The third kappa shape index (κ3) is 5.73. The van der Waals surface area contributed by atoms with E-state index in [-0.39, 0.29) is 17.2 Å². The van der Waals surface area contributed by atoms with E-state index in [9.17, 15) is 4.79 Å². The number of benzene rings is 3. The van der Waals surface area contributed by atoms with Crippen molar-refractivity contribution in [2.24, 2.45) is 5.10 Å². The first-order chi connectivity index (χ1) is 17.2. The van der Waals surface area contributed by atoms with Crippen molar-refractivity contribution in [2.75, 3.05) is 6.61 Å². The van der Waals surface area contributed by atoms with Gasteiger partial charge >= 0.3 is 0 Å². The van der Waals surface area contributed by atoms with Crippen LogP contribution < -0.4 is 15.0 Å². The first kappa shape index (κ1) is 26.9. The molecule has 0 spiro atoms. The first-order valence-corrected chi connectivity index (χ1v) is 13.4. The van der Waals surface area contributed by atoms with Gasteiger partial charge in [-0.3, -0.25) is 4.79 Å². The van der Waals surface area contributed by atoms with E-state index in [4.69, 9.17) is 44.3 Å². The van der Waals surface area contributed by atoms with Crippen molar-refractivity contribution in [3.05, 3.63) is 93.8 Å². The van der Waals surface area contributed by atoms with E-state index in [1.807, 2.05) is 13.0 Å². The zero-order valence-electron chi connectivity index (χ0n) is 19.0. The fourth-order valence-electron chi connectivity index (χ4n) is 3.40. The highest BCUT2D eigenvalue weighted by Crippen LogP contribution is 2.43. The van der Waals surface area contributed by atoms with Gasteiger partial charge in [0.05, 0.1) is 23.7 Å². The van der Waals surface area contributed by atoms with Gasteiger partial charge in [-0.15, -0.1) is 0 Å². The molecule has 0 bridgehead atoms. The molecule has 186 valence electrons. The minimum absolute atomic E-state index is 0.155. The molecule has 0 unspecified atom stereocenters. The summed E-state index contributed by atoms with van der Waals surface area (Å²) in [5.41, 5.74) is 1.63. The lowest BCUT2D eigenvalue weighted by molar-refractivity contribution is 0.269. The van der Waals surface area contributed by atoms with Gasteiger partial charge in [0.2, 0.25) is 0 Å². The number of rotatable bonds is 7. The Bertz CT molecular complexity index is 1560. The van der Waals surface area contributed by atoms with E-state index in [0.29, 0.717) is 54.9 Å². The Kier molecular flexibility index (Phi) is 8.63. The average molecular weight is 675 g/mol. The Hall–Kier alpha value is -2.10. The van der Waals surface area contributed by atoms with E-state index in [2.05, 4.69) is 41.9 Å². The lowest BCUT2D eigenvalue weighted by atomic mass is 10.2. The van der Waals surface area contributed by atoms with Crippen molar-refractivity contribution in [2.45, 2.75) is 20.5 Å². The number of halogens is 5. The van der Waals surface area contributed by atoms with Crippen LogP contribution in [0.4, 0.5) is 0 Å². The third-order valence-corrected chi connectivity index (χ3v) is 7.65. The van der Waals surface area contributed by atoms with Crippen LogP contribution in [0.3, 0.4) is 0 Å². The molecule has 0 aliphatic heterocycles. The monoisotopic (exact) mass is 671 g/mol. The predicted octanol–water partition coefficient (Wildman–Crippen LogP) is 8.05. The van der Waals surface area contributed by atoms with Crippen LogP contribution >= 0.6 is 66.7 Å². The van der Waals surface area contributed by atoms with Crippen LogP contribution in [0.25, 0.3) is 10.9 Å². The number of aryl methyl sites for hydroxylation is 1. The molecule has 36 heavy (non-hydrogen) atoms. The van der Waals surface area contributed by atoms with Crippen LogP contribution in [0.2, 0.25) is 15.1 Å². The summed E-state index contributed by atoms with van der Waals surface area (Å²) in [7, 11) is 0. The van der Waals surface area contributed by atoms with Crippen molar-refractivity contribution >= 4 is 83.8 Å². The molecular weight excluding hydrogens is 656 g/mol. The number of aromatic nitrogens is 2. The molecule has 11 heteroatoms. The van der Waals surface area contributed by atoms with E-state index >= 15 is 0 Å². The second-order valence-corrected chi connectivity index (χ2v) is 10.5. The molecule has 6 nitrogen and oxygen atoms in total. The molecule has 0 radical (unpaired) electrons. The van der Waals surface area contributed by atoms with Crippen molar-refractivity contribution in [1.29, 1.82) is 0 Å². The third-order valence-electron chi connectivity index (χ3n) is 5.13. The van der Waals surface area contributed by atoms with Gasteiger partial charge < -0.3 is 9.47 Å². The first-order valence-electron chi connectivity index (χ1n) is 10.6. The second kappa shape index (κ2) is 11.5. The van der Waals surface area contributed by atoms with Gasteiger partial charge in [-0.1, -0.05) is 56.8 Å². The molecule has 0 aliphatic carbocycles. The molecule has 0 amide bonds. The summed E-state index contributed by atoms with van der Waals surface area (Å²) in [6.07, 6.45) is 1.51. The van der Waals surface area contributed by atoms with Crippen molar-refractivity contribution in [3.63, 3.8) is 0 Å². The average Bonchev–Trinajstić information content (AvgIpc) is 2.83. The van der Waals surface area contributed by atoms with E-state index in [1.54, 1.807) is 43.3 Å². The minimum atomic E-state index is -0.290. The summed E-state index contributed by atoms with van der Waals surface area (Å²) in [4.78, 5) is 17.5. The van der Waals surface area contributed by atoms with Crippen LogP contribution in [0.5, 0.6) is 11.5 Å². The maximum absolute atomic E-state index is 13.1. The molecule has 1 heterocycles. The molecule has 0 saturated carbocycles. The highest BCUT2D eigenvalue weighted by atomic mass is 79.9. The minimum Gasteiger partial charge on any atom is -0.490 e. The maximum Gasteiger partial charge on any atom is 0.282 e. The summed E-state index contributed by atoms with van der Waals surface area (Å²) in [6.45, 7) is 4.11. The quantitative estimate of drug-likeness (QED) is 0.186. The number of ether oxygens (including phenoxy) is 2. The van der Waals surface area contributed by atoms with Crippen molar-refractivity contribution in [1.82, 2.24) is 9.66 Å². The van der Waals surface area contributed by atoms with Crippen LogP contribution in [-0.2, 0) is 6.61 Å². The molecule has 3 aromatic carbocycles. The summed E-state index contributed by atoms with van der Waals surface area (Å²) in [5.74, 6) is 1.21. The van der Waals surface area contributed by atoms with Crippen molar-refractivity contribution < 1.29 is 9.47 Å². The van der Waals surface area contributed by atoms with Crippen LogP contribution in [-0.4, -0.2) is 22.5 Å². The summed E-state index contributed by atoms with van der Waals surface area (Å²) >= 11 is 25.8. The molecule has 4 aromatic rings. The Morgan fingerprint density at radius 1 is 1.08 bits per heavy atom. The largest absolute Gasteiger partial charge is 0.490 e. The number of fused-ring (bicyclic) bond motifs is 1. The Morgan fingerprint density at radius 3 is 2.58 bits per heavy atom. The SMILES string of the molecule is CCOc1cc(C=Nn2c(C)nc3ccc(Br)cc3c2=O)c(Br)c(Cl)c1OCc1ccc(Cl)cc1Cl. The molecule has 0 saturated heterocycles. The standard InChI is InChI=1S/C25H18Br2Cl3N3O3/c1-3-35-21-8-15(11-31-33-13(2)32-20-7-5-16(26)9-18(20)25(33)34)22(27)23(30)24(21)36-12-14-4-6-17(28)10-19(14)29/h4-11H,3,12H2,1-2H3. The lowest BCUT2D eigenvalue weighted by Crippen LogP contribution is -2.20. The fourth-order valence-corrected chi connectivity index (χ4v) is 4.88. The molecule has 1 aromatic heterocycles. The lowest BCUT2D eigenvalue weighted by Gasteiger charge is -2.16. The summed E-state index contributed by atoms with van der Waals surface area (Å²) in [5, 5.41) is 6.14. The van der Waals surface area contributed by atoms with E-state index < -0.39 is 0 Å². The number of hydrogen-bond donors (Lipinski definition) is 0. The van der Waals surface area contributed by atoms with E-state index in [1.165, 1.54) is 10.9 Å².